The van der Waals surface area contributed by atoms with Crippen LogP contribution in [0.3, 0.4) is 0 Å². The van der Waals surface area contributed by atoms with E-state index < -0.39 is 0 Å². The summed E-state index contributed by atoms with van der Waals surface area (Å²) in [4.78, 5) is 24.0. The van der Waals surface area contributed by atoms with Crippen molar-refractivity contribution in [1.82, 2.24) is 15.3 Å². The summed E-state index contributed by atoms with van der Waals surface area (Å²) in [5.74, 6) is 1.58. The Morgan fingerprint density at radius 2 is 1.66 bits per heavy atom. The van der Waals surface area contributed by atoms with Gasteiger partial charge in [-0.05, 0) is 68.9 Å². The van der Waals surface area contributed by atoms with Crippen LogP contribution in [0.5, 0.6) is 0 Å². The zero-order chi connectivity index (χ0) is 22.7. The summed E-state index contributed by atoms with van der Waals surface area (Å²) in [5.41, 5.74) is 4.07. The van der Waals surface area contributed by atoms with E-state index in [9.17, 15) is 4.79 Å². The molecule has 7 heteroatoms. The van der Waals surface area contributed by atoms with Gasteiger partial charge in [-0.25, -0.2) is 9.78 Å². The molecule has 168 valence electrons. The Kier molecular flexibility index (Phi) is 6.44. The van der Waals surface area contributed by atoms with Crippen molar-refractivity contribution >= 4 is 34.4 Å². The molecule has 1 aliphatic carbocycles. The molecular weight excluding hydrogens is 400 g/mol. The molecule has 1 saturated carbocycles. The lowest BCUT2D eigenvalue weighted by Gasteiger charge is -2.30. The molecule has 0 atom stereocenters. The summed E-state index contributed by atoms with van der Waals surface area (Å²) in [6.45, 7) is 4.08. The van der Waals surface area contributed by atoms with Crippen LogP contribution in [0, 0.1) is 13.8 Å². The third-order valence-electron chi connectivity index (χ3n) is 6.26. The Balaban J connectivity index is 1.33. The van der Waals surface area contributed by atoms with Gasteiger partial charge in [0.1, 0.15) is 5.82 Å². The molecule has 3 N–H and O–H groups in total. The summed E-state index contributed by atoms with van der Waals surface area (Å²) in [6, 6.07) is 14.4. The number of hydrogen-bond acceptors (Lipinski definition) is 5. The van der Waals surface area contributed by atoms with Crippen molar-refractivity contribution in [3.8, 4) is 0 Å². The second kappa shape index (κ2) is 9.42. The molecule has 2 amide bonds. The first kappa shape index (κ1) is 21.9. The molecule has 0 aliphatic heterocycles. The molecule has 4 rings (SSSR count). The lowest BCUT2D eigenvalue weighted by atomic mass is 9.91. The quantitative estimate of drug-likeness (QED) is 0.536. The molecule has 0 saturated heterocycles. The van der Waals surface area contributed by atoms with Gasteiger partial charge in [0, 0.05) is 37.3 Å². The van der Waals surface area contributed by atoms with Crippen molar-refractivity contribution in [3.05, 3.63) is 53.6 Å². The highest BCUT2D eigenvalue weighted by Gasteiger charge is 2.23. The molecular formula is C25H32N6O. The zero-order valence-corrected chi connectivity index (χ0v) is 19.3. The minimum absolute atomic E-state index is 0.136. The van der Waals surface area contributed by atoms with Gasteiger partial charge in [-0.2, -0.15) is 4.98 Å². The number of urea groups is 1. The Labute approximate surface area is 189 Å². The van der Waals surface area contributed by atoms with Gasteiger partial charge in [0.15, 0.2) is 0 Å². The van der Waals surface area contributed by atoms with Gasteiger partial charge in [0.2, 0.25) is 5.95 Å². The van der Waals surface area contributed by atoms with Crippen molar-refractivity contribution in [3.63, 3.8) is 0 Å². The Bertz CT molecular complexity index is 1100. The average molecular weight is 433 g/mol. The highest BCUT2D eigenvalue weighted by atomic mass is 16.2. The number of para-hydroxylation sites is 1. The van der Waals surface area contributed by atoms with Crippen LogP contribution in [0.15, 0.2) is 42.5 Å². The van der Waals surface area contributed by atoms with Crippen LogP contribution in [0.2, 0.25) is 0 Å². The molecule has 0 spiro atoms. The number of aromatic nitrogens is 2. The third kappa shape index (κ3) is 4.93. The van der Waals surface area contributed by atoms with Crippen LogP contribution in [0.25, 0.3) is 10.9 Å². The highest BCUT2D eigenvalue weighted by Crippen LogP contribution is 2.26. The average Bonchev–Trinajstić information content (AvgIpc) is 2.77. The second-order valence-corrected chi connectivity index (χ2v) is 8.82. The van der Waals surface area contributed by atoms with Gasteiger partial charge in [-0.15, -0.1) is 0 Å². The second-order valence-electron chi connectivity index (χ2n) is 8.82. The van der Waals surface area contributed by atoms with E-state index in [0.29, 0.717) is 12.0 Å². The van der Waals surface area contributed by atoms with E-state index in [1.807, 2.05) is 69.2 Å². The summed E-state index contributed by atoms with van der Waals surface area (Å²) in [5, 5.41) is 10.7. The largest absolute Gasteiger partial charge is 0.362 e. The fraction of sp³-hybridized carbons (Fsp3) is 0.400. The predicted molar refractivity (Wildman–Crippen MR) is 132 cm³/mol. The maximum Gasteiger partial charge on any atom is 0.319 e. The fourth-order valence-electron chi connectivity index (χ4n) is 4.26. The number of benzene rings is 2. The van der Waals surface area contributed by atoms with Crippen molar-refractivity contribution in [2.24, 2.45) is 0 Å². The first-order chi connectivity index (χ1) is 15.4. The van der Waals surface area contributed by atoms with Crippen LogP contribution in [0.4, 0.5) is 22.2 Å². The van der Waals surface area contributed by atoms with Gasteiger partial charge >= 0.3 is 6.03 Å². The van der Waals surface area contributed by atoms with Crippen molar-refractivity contribution in [2.45, 2.75) is 51.6 Å². The highest BCUT2D eigenvalue weighted by molar-refractivity contribution is 5.91. The zero-order valence-electron chi connectivity index (χ0n) is 19.3. The van der Waals surface area contributed by atoms with E-state index in [1.54, 1.807) is 0 Å². The van der Waals surface area contributed by atoms with Crippen LogP contribution in [-0.2, 0) is 0 Å². The smallest absolute Gasteiger partial charge is 0.319 e. The molecule has 1 aromatic heterocycles. The van der Waals surface area contributed by atoms with E-state index in [-0.39, 0.29) is 12.1 Å². The monoisotopic (exact) mass is 432 g/mol. The number of nitrogens with one attached hydrogen (secondary N) is 3. The topological polar surface area (TPSA) is 82.2 Å². The molecule has 7 nitrogen and oxygen atoms in total. The van der Waals surface area contributed by atoms with Crippen molar-refractivity contribution < 1.29 is 4.79 Å². The molecule has 1 aliphatic rings. The maximum absolute atomic E-state index is 12.5. The van der Waals surface area contributed by atoms with Gasteiger partial charge in [0.05, 0.1) is 5.52 Å². The number of carbonyl (C=O) groups is 1. The van der Waals surface area contributed by atoms with Crippen molar-refractivity contribution in [1.29, 1.82) is 0 Å². The number of rotatable bonds is 5. The summed E-state index contributed by atoms with van der Waals surface area (Å²) in [7, 11) is 4.00. The van der Waals surface area contributed by atoms with Crippen LogP contribution >= 0.6 is 0 Å². The SMILES string of the molecule is Cc1cccc(NC(=O)N[C@H]2CC[C@@H](Nc3nc(N(C)C)c4ccccc4n3)CC2)c1C. The van der Waals surface area contributed by atoms with E-state index in [0.717, 1.165) is 53.7 Å². The van der Waals surface area contributed by atoms with Crippen molar-refractivity contribution in [2.75, 3.05) is 29.6 Å². The third-order valence-corrected chi connectivity index (χ3v) is 6.26. The van der Waals surface area contributed by atoms with E-state index in [1.165, 1.54) is 5.56 Å². The molecule has 1 fully saturated rings. The van der Waals surface area contributed by atoms with Gasteiger partial charge in [-0.3, -0.25) is 0 Å². The minimum atomic E-state index is -0.136. The lowest BCUT2D eigenvalue weighted by Crippen LogP contribution is -2.42. The minimum Gasteiger partial charge on any atom is -0.362 e. The fourth-order valence-corrected chi connectivity index (χ4v) is 4.26. The number of hydrogen-bond donors (Lipinski definition) is 3. The van der Waals surface area contributed by atoms with E-state index >= 15 is 0 Å². The Morgan fingerprint density at radius 3 is 2.41 bits per heavy atom. The number of aryl methyl sites for hydroxylation is 1. The Hall–Kier alpha value is -3.35. The number of fused-ring (bicyclic) bond motifs is 1. The molecule has 32 heavy (non-hydrogen) atoms. The van der Waals surface area contributed by atoms with E-state index in [4.69, 9.17) is 9.97 Å². The van der Waals surface area contributed by atoms with Crippen LogP contribution in [-0.4, -0.2) is 42.2 Å². The number of anilines is 3. The molecule has 1 heterocycles. The standard InChI is InChI=1S/C25H32N6O/c1-16-8-7-11-21(17(16)2)29-25(32)27-19-14-12-18(13-15-19)26-24-28-22-10-6-5-9-20(22)23(30-24)31(3)4/h5-11,18-19H,12-15H2,1-4H3,(H,26,28,30)(H2,27,29,32)/t18-,19+. The van der Waals surface area contributed by atoms with Gasteiger partial charge in [-0.1, -0.05) is 24.3 Å². The number of amides is 2. The Morgan fingerprint density at radius 1 is 0.938 bits per heavy atom. The molecule has 3 aromatic rings. The lowest BCUT2D eigenvalue weighted by molar-refractivity contribution is 0.243. The normalized spacial score (nSPS) is 18.2. The first-order valence-electron chi connectivity index (χ1n) is 11.2. The maximum atomic E-state index is 12.5. The summed E-state index contributed by atoms with van der Waals surface area (Å²) >= 11 is 0. The molecule has 2 aromatic carbocycles. The number of nitrogens with zero attached hydrogens (tertiary/aromatic N) is 3. The van der Waals surface area contributed by atoms with Gasteiger partial charge in [0.25, 0.3) is 0 Å². The molecule has 0 unspecified atom stereocenters. The van der Waals surface area contributed by atoms with Gasteiger partial charge < -0.3 is 20.9 Å². The molecule has 0 bridgehead atoms. The predicted octanol–water partition coefficient (Wildman–Crippen LogP) is 4.86. The summed E-state index contributed by atoms with van der Waals surface area (Å²) < 4.78 is 0. The van der Waals surface area contributed by atoms with Crippen LogP contribution in [0.1, 0.15) is 36.8 Å². The first-order valence-corrected chi connectivity index (χ1v) is 11.2. The summed E-state index contributed by atoms with van der Waals surface area (Å²) in [6.07, 6.45) is 3.77. The van der Waals surface area contributed by atoms with E-state index in [2.05, 4.69) is 22.0 Å². The molecule has 0 radical (unpaired) electrons. The van der Waals surface area contributed by atoms with Crippen LogP contribution < -0.4 is 20.9 Å². The number of carbonyl (C=O) groups excluding carboxylic acids is 1.